The zero-order chi connectivity index (χ0) is 9.36. The SMILES string of the molecule is N#CCCNCCN1CCOCC1. The molecule has 1 N–H and O–H groups in total. The summed E-state index contributed by atoms with van der Waals surface area (Å²) in [6, 6.07) is 2.11. The van der Waals surface area contributed by atoms with Crippen LogP contribution in [0.5, 0.6) is 0 Å². The van der Waals surface area contributed by atoms with Gasteiger partial charge in [-0.3, -0.25) is 4.90 Å². The van der Waals surface area contributed by atoms with Crippen molar-refractivity contribution in [1.82, 2.24) is 10.2 Å². The van der Waals surface area contributed by atoms with E-state index >= 15 is 0 Å². The third-order valence-electron chi connectivity index (χ3n) is 2.12. The van der Waals surface area contributed by atoms with Gasteiger partial charge < -0.3 is 10.1 Å². The maximum Gasteiger partial charge on any atom is 0.0635 e. The molecule has 4 heteroatoms. The van der Waals surface area contributed by atoms with Crippen molar-refractivity contribution in [2.45, 2.75) is 6.42 Å². The van der Waals surface area contributed by atoms with Crippen LogP contribution < -0.4 is 5.32 Å². The molecular weight excluding hydrogens is 166 g/mol. The lowest BCUT2D eigenvalue weighted by atomic mass is 10.4. The van der Waals surface area contributed by atoms with Gasteiger partial charge in [0.05, 0.1) is 19.3 Å². The summed E-state index contributed by atoms with van der Waals surface area (Å²) in [5, 5.41) is 11.5. The lowest BCUT2D eigenvalue weighted by Crippen LogP contribution is -2.40. The molecule has 1 saturated heterocycles. The number of morpholine rings is 1. The van der Waals surface area contributed by atoms with Crippen LogP contribution in [0.1, 0.15) is 6.42 Å². The zero-order valence-electron chi connectivity index (χ0n) is 7.96. The van der Waals surface area contributed by atoms with E-state index in [-0.39, 0.29) is 0 Å². The van der Waals surface area contributed by atoms with Gasteiger partial charge in [0.2, 0.25) is 0 Å². The van der Waals surface area contributed by atoms with E-state index in [0.29, 0.717) is 6.42 Å². The van der Waals surface area contributed by atoms with Crippen LogP contribution in [0.15, 0.2) is 0 Å². The minimum Gasteiger partial charge on any atom is -0.379 e. The zero-order valence-corrected chi connectivity index (χ0v) is 7.96. The van der Waals surface area contributed by atoms with Crippen LogP contribution in [-0.2, 0) is 4.74 Å². The Balaban J connectivity index is 1.90. The van der Waals surface area contributed by atoms with Crippen LogP contribution in [0.25, 0.3) is 0 Å². The van der Waals surface area contributed by atoms with E-state index < -0.39 is 0 Å². The smallest absolute Gasteiger partial charge is 0.0635 e. The molecule has 0 spiro atoms. The van der Waals surface area contributed by atoms with E-state index in [1.54, 1.807) is 0 Å². The number of hydrogen-bond acceptors (Lipinski definition) is 4. The highest BCUT2D eigenvalue weighted by atomic mass is 16.5. The molecule has 0 unspecified atom stereocenters. The van der Waals surface area contributed by atoms with Crippen LogP contribution in [0, 0.1) is 11.3 Å². The van der Waals surface area contributed by atoms with Gasteiger partial charge in [0.15, 0.2) is 0 Å². The Morgan fingerprint density at radius 2 is 2.08 bits per heavy atom. The van der Waals surface area contributed by atoms with Crippen molar-refractivity contribution < 1.29 is 4.74 Å². The second kappa shape index (κ2) is 6.84. The molecule has 13 heavy (non-hydrogen) atoms. The first-order valence-corrected chi connectivity index (χ1v) is 4.81. The Morgan fingerprint density at radius 3 is 2.77 bits per heavy atom. The largest absolute Gasteiger partial charge is 0.379 e. The minimum absolute atomic E-state index is 0.600. The first-order chi connectivity index (χ1) is 6.43. The molecule has 4 nitrogen and oxygen atoms in total. The van der Waals surface area contributed by atoms with Crippen LogP contribution in [0.3, 0.4) is 0 Å². The first kappa shape index (κ1) is 10.5. The van der Waals surface area contributed by atoms with Crippen molar-refractivity contribution in [3.05, 3.63) is 0 Å². The topological polar surface area (TPSA) is 48.3 Å². The van der Waals surface area contributed by atoms with Crippen molar-refractivity contribution in [2.75, 3.05) is 45.9 Å². The Kier molecular flexibility index (Phi) is 5.50. The average Bonchev–Trinajstić information content (AvgIpc) is 2.19. The molecule has 1 rings (SSSR count). The Hall–Kier alpha value is -0.630. The fraction of sp³-hybridized carbons (Fsp3) is 0.889. The summed E-state index contributed by atoms with van der Waals surface area (Å²) < 4.78 is 5.24. The molecule has 1 fully saturated rings. The summed E-state index contributed by atoms with van der Waals surface area (Å²) >= 11 is 0. The van der Waals surface area contributed by atoms with Crippen molar-refractivity contribution >= 4 is 0 Å². The van der Waals surface area contributed by atoms with Gasteiger partial charge in [-0.05, 0) is 0 Å². The first-order valence-electron chi connectivity index (χ1n) is 4.81. The summed E-state index contributed by atoms with van der Waals surface area (Å²) in [6.45, 7) is 6.65. The molecule has 0 atom stereocenters. The Labute approximate surface area is 79.5 Å². The molecule has 0 aromatic rings. The van der Waals surface area contributed by atoms with Crippen LogP contribution in [0.2, 0.25) is 0 Å². The van der Waals surface area contributed by atoms with E-state index in [0.717, 1.165) is 45.9 Å². The van der Waals surface area contributed by atoms with Gasteiger partial charge in [0.25, 0.3) is 0 Å². The quantitative estimate of drug-likeness (QED) is 0.601. The van der Waals surface area contributed by atoms with Gasteiger partial charge in [-0.25, -0.2) is 0 Å². The molecule has 0 bridgehead atoms. The van der Waals surface area contributed by atoms with E-state index in [2.05, 4.69) is 16.3 Å². The van der Waals surface area contributed by atoms with Gasteiger partial charge in [0.1, 0.15) is 0 Å². The van der Waals surface area contributed by atoms with Gasteiger partial charge in [-0.1, -0.05) is 0 Å². The van der Waals surface area contributed by atoms with Crippen LogP contribution in [0.4, 0.5) is 0 Å². The molecule has 1 heterocycles. The molecular formula is C9H17N3O. The molecule has 0 amide bonds. The van der Waals surface area contributed by atoms with Crippen molar-refractivity contribution in [1.29, 1.82) is 5.26 Å². The van der Waals surface area contributed by atoms with E-state index in [4.69, 9.17) is 10.00 Å². The second-order valence-corrected chi connectivity index (χ2v) is 3.11. The third kappa shape index (κ3) is 4.83. The summed E-state index contributed by atoms with van der Waals surface area (Å²) in [4.78, 5) is 2.38. The van der Waals surface area contributed by atoms with Gasteiger partial charge in [-0.2, -0.15) is 5.26 Å². The summed E-state index contributed by atoms with van der Waals surface area (Å²) in [6.07, 6.45) is 0.600. The molecule has 0 saturated carbocycles. The molecule has 0 aliphatic carbocycles. The van der Waals surface area contributed by atoms with Gasteiger partial charge in [-0.15, -0.1) is 0 Å². The molecule has 1 aliphatic rings. The summed E-state index contributed by atoms with van der Waals surface area (Å²) in [5.74, 6) is 0. The number of ether oxygens (including phenoxy) is 1. The molecule has 74 valence electrons. The number of nitrogens with zero attached hydrogens (tertiary/aromatic N) is 2. The van der Waals surface area contributed by atoms with Crippen LogP contribution >= 0.6 is 0 Å². The number of nitriles is 1. The highest BCUT2D eigenvalue weighted by Gasteiger charge is 2.08. The summed E-state index contributed by atoms with van der Waals surface area (Å²) in [5.41, 5.74) is 0. The average molecular weight is 183 g/mol. The van der Waals surface area contributed by atoms with Crippen molar-refractivity contribution in [3.63, 3.8) is 0 Å². The molecule has 0 aromatic heterocycles. The lowest BCUT2D eigenvalue weighted by Gasteiger charge is -2.26. The predicted octanol–water partition coefficient (Wildman–Crippen LogP) is -0.178. The number of hydrogen-bond donors (Lipinski definition) is 1. The summed E-state index contributed by atoms with van der Waals surface area (Å²) in [7, 11) is 0. The second-order valence-electron chi connectivity index (χ2n) is 3.11. The maximum absolute atomic E-state index is 8.30. The van der Waals surface area contributed by atoms with Gasteiger partial charge in [0, 0.05) is 39.1 Å². The highest BCUT2D eigenvalue weighted by Crippen LogP contribution is 1.94. The Morgan fingerprint density at radius 1 is 1.31 bits per heavy atom. The highest BCUT2D eigenvalue weighted by molar-refractivity contribution is 4.70. The maximum atomic E-state index is 8.30. The molecule has 0 radical (unpaired) electrons. The van der Waals surface area contributed by atoms with E-state index in [9.17, 15) is 0 Å². The predicted molar refractivity (Wildman–Crippen MR) is 50.4 cm³/mol. The van der Waals surface area contributed by atoms with Crippen molar-refractivity contribution in [2.24, 2.45) is 0 Å². The monoisotopic (exact) mass is 183 g/mol. The number of rotatable bonds is 5. The standard InChI is InChI=1S/C9H17N3O/c10-2-1-3-11-4-5-12-6-8-13-9-7-12/h11H,1,3-9H2. The van der Waals surface area contributed by atoms with Crippen molar-refractivity contribution in [3.8, 4) is 6.07 Å². The molecule has 0 aromatic carbocycles. The number of nitrogens with one attached hydrogen (secondary N) is 1. The minimum atomic E-state index is 0.600. The fourth-order valence-electron chi connectivity index (χ4n) is 1.33. The van der Waals surface area contributed by atoms with E-state index in [1.165, 1.54) is 0 Å². The normalized spacial score (nSPS) is 18.4. The lowest BCUT2D eigenvalue weighted by molar-refractivity contribution is 0.0385. The van der Waals surface area contributed by atoms with E-state index in [1.807, 2.05) is 0 Å². The van der Waals surface area contributed by atoms with Gasteiger partial charge >= 0.3 is 0 Å². The van der Waals surface area contributed by atoms with Crippen LogP contribution in [-0.4, -0.2) is 50.8 Å². The molecule has 1 aliphatic heterocycles. The fourth-order valence-corrected chi connectivity index (χ4v) is 1.33. The Bertz CT molecular complexity index is 161. The third-order valence-corrected chi connectivity index (χ3v) is 2.12.